The van der Waals surface area contributed by atoms with Crippen molar-refractivity contribution >= 4 is 16.9 Å². The van der Waals surface area contributed by atoms with Crippen LogP contribution in [0, 0.1) is 6.92 Å². The van der Waals surface area contributed by atoms with Crippen molar-refractivity contribution in [3.63, 3.8) is 0 Å². The zero-order valence-electron chi connectivity index (χ0n) is 18.6. The highest BCUT2D eigenvalue weighted by Gasteiger charge is 2.18. The predicted molar refractivity (Wildman–Crippen MR) is 128 cm³/mol. The van der Waals surface area contributed by atoms with Gasteiger partial charge in [-0.15, -0.1) is 0 Å². The quantitative estimate of drug-likeness (QED) is 0.349. The fourth-order valence-corrected chi connectivity index (χ4v) is 3.86. The summed E-state index contributed by atoms with van der Waals surface area (Å²) in [4.78, 5) is 17.5. The highest BCUT2D eigenvalue weighted by Crippen LogP contribution is 2.22. The molecule has 0 radical (unpaired) electrons. The molecule has 0 spiro atoms. The molecule has 0 bridgehead atoms. The lowest BCUT2D eigenvalue weighted by molar-refractivity contribution is 0.0937. The van der Waals surface area contributed by atoms with E-state index in [1.54, 1.807) is 0 Å². The van der Waals surface area contributed by atoms with Gasteiger partial charge in [-0.3, -0.25) is 4.79 Å². The van der Waals surface area contributed by atoms with E-state index in [0.717, 1.165) is 42.0 Å². The average molecular weight is 428 g/mol. The maximum Gasteiger partial charge on any atom is 0.251 e. The van der Waals surface area contributed by atoms with Crippen molar-refractivity contribution in [2.24, 2.45) is 0 Å². The molecule has 32 heavy (non-hydrogen) atoms. The van der Waals surface area contributed by atoms with Crippen molar-refractivity contribution in [3.8, 4) is 5.75 Å². The Bertz CT molecular complexity index is 1180. The van der Waals surface area contributed by atoms with Crippen LogP contribution in [0.5, 0.6) is 5.75 Å². The van der Waals surface area contributed by atoms with Crippen LogP contribution in [0.15, 0.2) is 78.9 Å². The maximum atomic E-state index is 12.6. The van der Waals surface area contributed by atoms with Crippen LogP contribution in [0.4, 0.5) is 0 Å². The van der Waals surface area contributed by atoms with Crippen LogP contribution >= 0.6 is 0 Å². The minimum Gasteiger partial charge on any atom is -0.494 e. The number of carbonyl (C=O) groups excluding carboxylic acids is 1. The molecule has 1 unspecified atom stereocenters. The number of carbonyl (C=O) groups is 1. The number of nitrogens with zero attached hydrogens (tertiary/aromatic N) is 2. The van der Waals surface area contributed by atoms with E-state index < -0.39 is 0 Å². The Kier molecular flexibility index (Phi) is 6.85. The molecule has 5 heteroatoms. The van der Waals surface area contributed by atoms with Gasteiger partial charge in [0.05, 0.1) is 23.7 Å². The van der Waals surface area contributed by atoms with E-state index in [1.165, 1.54) is 5.56 Å². The zero-order valence-corrected chi connectivity index (χ0v) is 18.6. The molecule has 1 atom stereocenters. The van der Waals surface area contributed by atoms with Crippen LogP contribution in [-0.2, 0) is 6.54 Å². The van der Waals surface area contributed by atoms with Gasteiger partial charge in [0.25, 0.3) is 5.91 Å². The van der Waals surface area contributed by atoms with E-state index in [4.69, 9.17) is 9.72 Å². The van der Waals surface area contributed by atoms with Crippen LogP contribution in [0.25, 0.3) is 11.0 Å². The second-order valence-corrected chi connectivity index (χ2v) is 8.04. The molecule has 4 aromatic rings. The fraction of sp³-hybridized carbons (Fsp3) is 0.259. The highest BCUT2D eigenvalue weighted by atomic mass is 16.5. The summed E-state index contributed by atoms with van der Waals surface area (Å²) in [5.41, 5.74) is 3.88. The van der Waals surface area contributed by atoms with Gasteiger partial charge in [-0.1, -0.05) is 42.5 Å². The summed E-state index contributed by atoms with van der Waals surface area (Å²) in [5.74, 6) is 1.69. The summed E-state index contributed by atoms with van der Waals surface area (Å²) in [6.45, 7) is 5.54. The number of nitrogens with one attached hydrogen (secondary N) is 1. The molecule has 0 saturated carbocycles. The summed E-state index contributed by atoms with van der Waals surface area (Å²) in [6, 6.07) is 25.3. The van der Waals surface area contributed by atoms with E-state index in [-0.39, 0.29) is 11.9 Å². The van der Waals surface area contributed by atoms with E-state index in [2.05, 4.69) is 35.0 Å². The lowest BCUT2D eigenvalue weighted by Gasteiger charge is -2.16. The molecule has 5 nitrogen and oxygen atoms in total. The molecular formula is C27H29N3O2. The third-order valence-electron chi connectivity index (χ3n) is 5.49. The second kappa shape index (κ2) is 10.1. The molecule has 4 rings (SSSR count). The van der Waals surface area contributed by atoms with E-state index in [1.807, 2.05) is 67.6 Å². The van der Waals surface area contributed by atoms with Gasteiger partial charge in [0.1, 0.15) is 11.6 Å². The molecule has 3 aromatic carbocycles. The Morgan fingerprint density at radius 1 is 1.00 bits per heavy atom. The number of ether oxygens (including phenoxy) is 1. The van der Waals surface area contributed by atoms with Crippen molar-refractivity contribution < 1.29 is 9.53 Å². The van der Waals surface area contributed by atoms with Gasteiger partial charge in [0, 0.05) is 12.1 Å². The Balaban J connectivity index is 1.42. The highest BCUT2D eigenvalue weighted by molar-refractivity contribution is 5.94. The van der Waals surface area contributed by atoms with Crippen molar-refractivity contribution in [1.29, 1.82) is 0 Å². The summed E-state index contributed by atoms with van der Waals surface area (Å²) >= 11 is 0. The molecule has 0 aliphatic heterocycles. The Morgan fingerprint density at radius 3 is 2.59 bits per heavy atom. The van der Waals surface area contributed by atoms with Crippen LogP contribution < -0.4 is 10.1 Å². The molecule has 164 valence electrons. The third kappa shape index (κ3) is 5.17. The number of amides is 1. The summed E-state index contributed by atoms with van der Waals surface area (Å²) in [5, 5.41) is 3.10. The first-order valence-corrected chi connectivity index (χ1v) is 11.1. The fourth-order valence-electron chi connectivity index (χ4n) is 3.86. The first-order chi connectivity index (χ1) is 15.6. The third-order valence-corrected chi connectivity index (χ3v) is 5.49. The molecule has 1 heterocycles. The number of aromatic nitrogens is 2. The molecule has 1 N–H and O–H groups in total. The number of imidazole rings is 1. The second-order valence-electron chi connectivity index (χ2n) is 8.04. The van der Waals surface area contributed by atoms with Crippen LogP contribution in [0.2, 0.25) is 0 Å². The minimum atomic E-state index is -0.210. The van der Waals surface area contributed by atoms with Crippen LogP contribution in [0.3, 0.4) is 0 Å². The van der Waals surface area contributed by atoms with Gasteiger partial charge >= 0.3 is 0 Å². The standard InChI is InChI=1S/C27H29N3O2/c1-20-11-10-14-23(19-20)32-18-9-8-17-30-25-16-7-6-15-24(25)29-26(30)21(2)28-27(31)22-12-4-3-5-13-22/h3-7,10-16,19,21H,8-9,17-18H2,1-2H3,(H,28,31). The summed E-state index contributed by atoms with van der Waals surface area (Å²) < 4.78 is 8.11. The average Bonchev–Trinajstić information content (AvgIpc) is 3.18. The first kappa shape index (κ1) is 21.6. The number of benzene rings is 3. The monoisotopic (exact) mass is 427 g/mol. The number of para-hydroxylation sites is 2. The van der Waals surface area contributed by atoms with Crippen LogP contribution in [-0.4, -0.2) is 22.1 Å². The molecule has 0 saturated heterocycles. The van der Waals surface area contributed by atoms with Crippen molar-refractivity contribution in [2.75, 3.05) is 6.61 Å². The van der Waals surface area contributed by atoms with Gasteiger partial charge in [-0.05, 0) is 68.7 Å². The van der Waals surface area contributed by atoms with Gasteiger partial charge in [0.2, 0.25) is 0 Å². The molecule has 1 amide bonds. The number of aryl methyl sites for hydroxylation is 2. The van der Waals surface area contributed by atoms with Crippen molar-refractivity contribution in [1.82, 2.24) is 14.9 Å². The van der Waals surface area contributed by atoms with Gasteiger partial charge in [-0.25, -0.2) is 4.98 Å². The molecular weight excluding hydrogens is 398 g/mol. The van der Waals surface area contributed by atoms with Crippen LogP contribution in [0.1, 0.15) is 47.6 Å². The zero-order chi connectivity index (χ0) is 22.3. The Labute approximate surface area is 189 Å². The largest absolute Gasteiger partial charge is 0.494 e. The lowest BCUT2D eigenvalue weighted by atomic mass is 10.2. The minimum absolute atomic E-state index is 0.0942. The SMILES string of the molecule is Cc1cccc(OCCCCn2c(C(C)NC(=O)c3ccccc3)nc3ccccc32)c1. The van der Waals surface area contributed by atoms with Gasteiger partial charge in [0.15, 0.2) is 0 Å². The number of rotatable bonds is 9. The number of hydrogen-bond donors (Lipinski definition) is 1. The van der Waals surface area contributed by atoms with Crippen molar-refractivity contribution in [3.05, 3.63) is 95.8 Å². The molecule has 0 aliphatic carbocycles. The van der Waals surface area contributed by atoms with E-state index in [0.29, 0.717) is 12.2 Å². The predicted octanol–water partition coefficient (Wildman–Crippen LogP) is 5.69. The van der Waals surface area contributed by atoms with E-state index in [9.17, 15) is 4.79 Å². The maximum absolute atomic E-state index is 12.6. The number of unbranched alkanes of at least 4 members (excludes halogenated alkanes) is 1. The number of fused-ring (bicyclic) bond motifs is 1. The van der Waals surface area contributed by atoms with Crippen molar-refractivity contribution in [2.45, 2.75) is 39.3 Å². The van der Waals surface area contributed by atoms with Gasteiger partial charge in [-0.2, -0.15) is 0 Å². The summed E-state index contributed by atoms with van der Waals surface area (Å²) in [7, 11) is 0. The number of hydrogen-bond acceptors (Lipinski definition) is 3. The van der Waals surface area contributed by atoms with Gasteiger partial charge < -0.3 is 14.6 Å². The Hall–Kier alpha value is -3.60. The lowest BCUT2D eigenvalue weighted by Crippen LogP contribution is -2.28. The van der Waals surface area contributed by atoms with E-state index >= 15 is 0 Å². The summed E-state index contributed by atoms with van der Waals surface area (Å²) in [6.07, 6.45) is 1.89. The Morgan fingerprint density at radius 2 is 1.78 bits per heavy atom. The first-order valence-electron chi connectivity index (χ1n) is 11.1. The topological polar surface area (TPSA) is 56.1 Å². The molecule has 0 aliphatic rings. The smallest absolute Gasteiger partial charge is 0.251 e. The molecule has 0 fully saturated rings. The normalized spacial score (nSPS) is 11.9. The molecule has 1 aromatic heterocycles.